The molecular weight excluding hydrogens is 302 g/mol. The van der Waals surface area contributed by atoms with E-state index in [9.17, 15) is 4.79 Å². The molecule has 2 aromatic carbocycles. The molecule has 0 aliphatic carbocycles. The number of benzene rings is 2. The summed E-state index contributed by atoms with van der Waals surface area (Å²) in [5, 5.41) is 0. The summed E-state index contributed by atoms with van der Waals surface area (Å²) in [4.78, 5) is 15.3. The first kappa shape index (κ1) is 15.2. The Balaban J connectivity index is 1.68. The van der Waals surface area contributed by atoms with Crippen LogP contribution in [0.2, 0.25) is 0 Å². The Labute approximate surface area is 142 Å². The van der Waals surface area contributed by atoms with Crippen molar-refractivity contribution in [3.63, 3.8) is 0 Å². The maximum Gasteiger partial charge on any atom is 0.234 e. The van der Waals surface area contributed by atoms with Crippen molar-refractivity contribution in [2.24, 2.45) is 0 Å². The molecule has 1 amide bonds. The number of carbonyl (C=O) groups is 1. The van der Waals surface area contributed by atoms with Crippen LogP contribution in [0.1, 0.15) is 29.9 Å². The van der Waals surface area contributed by atoms with Gasteiger partial charge in [0, 0.05) is 31.3 Å². The first-order chi connectivity index (χ1) is 11.8. The fourth-order valence-corrected chi connectivity index (χ4v) is 3.67. The van der Waals surface area contributed by atoms with Crippen molar-refractivity contribution in [3.8, 4) is 11.5 Å². The number of amides is 1. The van der Waals surface area contributed by atoms with Crippen LogP contribution in [-0.2, 0) is 9.53 Å². The fraction of sp³-hybridized carbons (Fsp3) is 0.350. The number of carbonyl (C=O) groups excluding carboxylic acids is 1. The molecule has 0 bridgehead atoms. The number of likely N-dealkylation sites (tertiary alicyclic amines) is 1. The van der Waals surface area contributed by atoms with Crippen LogP contribution in [0.3, 0.4) is 0 Å². The van der Waals surface area contributed by atoms with E-state index in [1.165, 1.54) is 0 Å². The van der Waals surface area contributed by atoms with E-state index in [2.05, 4.69) is 0 Å². The normalized spacial score (nSPS) is 17.8. The molecule has 4 heteroatoms. The van der Waals surface area contributed by atoms with Crippen molar-refractivity contribution in [3.05, 3.63) is 59.7 Å². The van der Waals surface area contributed by atoms with Crippen LogP contribution >= 0.6 is 0 Å². The maximum absolute atomic E-state index is 13.3. The lowest BCUT2D eigenvalue weighted by atomic mass is 9.86. The van der Waals surface area contributed by atoms with Crippen molar-refractivity contribution < 1.29 is 14.3 Å². The average Bonchev–Trinajstić information content (AvgIpc) is 2.65. The lowest BCUT2D eigenvalue weighted by Crippen LogP contribution is -2.43. The van der Waals surface area contributed by atoms with Crippen molar-refractivity contribution in [1.29, 1.82) is 0 Å². The fourth-order valence-electron chi connectivity index (χ4n) is 3.67. The number of ether oxygens (including phenoxy) is 2. The highest BCUT2D eigenvalue weighted by molar-refractivity contribution is 5.89. The van der Waals surface area contributed by atoms with Gasteiger partial charge >= 0.3 is 0 Å². The number of para-hydroxylation sites is 2. The Morgan fingerprint density at radius 3 is 2.08 bits per heavy atom. The highest BCUT2D eigenvalue weighted by Crippen LogP contribution is 2.44. The number of hydrogen-bond acceptors (Lipinski definition) is 3. The molecule has 2 aliphatic rings. The number of fused-ring (bicyclic) bond motifs is 2. The minimum absolute atomic E-state index is 0.160. The van der Waals surface area contributed by atoms with Gasteiger partial charge in [0.05, 0.1) is 12.0 Å². The number of nitrogens with zero attached hydrogens (tertiary/aromatic N) is 1. The summed E-state index contributed by atoms with van der Waals surface area (Å²) in [5.74, 6) is 1.43. The summed E-state index contributed by atoms with van der Waals surface area (Å²) in [6.07, 6.45) is 2.06. The van der Waals surface area contributed by atoms with Gasteiger partial charge in [0.15, 0.2) is 0 Å². The van der Waals surface area contributed by atoms with Crippen molar-refractivity contribution >= 4 is 5.91 Å². The van der Waals surface area contributed by atoms with Gasteiger partial charge in [-0.25, -0.2) is 0 Å². The molecule has 0 aromatic heterocycles. The molecule has 0 radical (unpaired) electrons. The van der Waals surface area contributed by atoms with Crippen molar-refractivity contribution in [1.82, 2.24) is 4.90 Å². The van der Waals surface area contributed by atoms with Gasteiger partial charge in [-0.1, -0.05) is 36.4 Å². The van der Waals surface area contributed by atoms with Gasteiger partial charge in [-0.15, -0.1) is 0 Å². The number of methoxy groups -OCH3 is 1. The van der Waals surface area contributed by atoms with Gasteiger partial charge < -0.3 is 14.4 Å². The molecule has 2 aliphatic heterocycles. The second-order valence-corrected chi connectivity index (χ2v) is 6.37. The third kappa shape index (κ3) is 2.57. The smallest absolute Gasteiger partial charge is 0.234 e. The molecule has 24 heavy (non-hydrogen) atoms. The van der Waals surface area contributed by atoms with E-state index in [-0.39, 0.29) is 17.9 Å². The second-order valence-electron chi connectivity index (χ2n) is 6.37. The molecule has 0 saturated carbocycles. The highest BCUT2D eigenvalue weighted by Gasteiger charge is 2.36. The van der Waals surface area contributed by atoms with Crippen molar-refractivity contribution in [2.75, 3.05) is 20.2 Å². The maximum atomic E-state index is 13.3. The summed E-state index contributed by atoms with van der Waals surface area (Å²) >= 11 is 0. The number of rotatable bonds is 2. The Bertz CT molecular complexity index is 705. The van der Waals surface area contributed by atoms with Gasteiger partial charge in [0.2, 0.25) is 5.91 Å². The van der Waals surface area contributed by atoms with Crippen LogP contribution in [-0.4, -0.2) is 37.1 Å². The van der Waals surface area contributed by atoms with Gasteiger partial charge in [-0.05, 0) is 25.0 Å². The molecule has 0 spiro atoms. The summed E-state index contributed by atoms with van der Waals surface area (Å²) in [6, 6.07) is 15.7. The lowest BCUT2D eigenvalue weighted by Gasteiger charge is -2.35. The van der Waals surface area contributed by atoms with E-state index in [1.807, 2.05) is 53.4 Å². The third-order valence-electron chi connectivity index (χ3n) is 5.01. The van der Waals surface area contributed by atoms with Gasteiger partial charge in [0.1, 0.15) is 11.5 Å². The van der Waals surface area contributed by atoms with Crippen LogP contribution in [0.15, 0.2) is 48.5 Å². The van der Waals surface area contributed by atoms with Crippen LogP contribution < -0.4 is 4.74 Å². The van der Waals surface area contributed by atoms with E-state index in [4.69, 9.17) is 9.47 Å². The number of piperidine rings is 1. The van der Waals surface area contributed by atoms with Gasteiger partial charge in [-0.2, -0.15) is 0 Å². The Hall–Kier alpha value is -2.33. The molecule has 124 valence electrons. The van der Waals surface area contributed by atoms with E-state index < -0.39 is 0 Å². The quantitative estimate of drug-likeness (QED) is 0.848. The Morgan fingerprint density at radius 1 is 1.00 bits per heavy atom. The first-order valence-electron chi connectivity index (χ1n) is 8.45. The van der Waals surface area contributed by atoms with Gasteiger partial charge in [-0.3, -0.25) is 4.79 Å². The van der Waals surface area contributed by atoms with E-state index in [0.717, 1.165) is 48.6 Å². The van der Waals surface area contributed by atoms with E-state index >= 15 is 0 Å². The standard InChI is InChI=1S/C20H21NO3/c1-23-14-10-12-21(13-11-14)20(22)19-15-6-2-4-8-17(15)24-18-9-5-3-7-16(18)19/h2-9,14,19H,10-13H2,1H3. The summed E-state index contributed by atoms with van der Waals surface area (Å²) in [5.41, 5.74) is 1.91. The minimum atomic E-state index is -0.287. The molecule has 0 atom stereocenters. The van der Waals surface area contributed by atoms with Crippen LogP contribution in [0.5, 0.6) is 11.5 Å². The second kappa shape index (κ2) is 6.29. The average molecular weight is 323 g/mol. The van der Waals surface area contributed by atoms with Crippen LogP contribution in [0, 0.1) is 0 Å². The zero-order valence-corrected chi connectivity index (χ0v) is 13.8. The van der Waals surface area contributed by atoms with Crippen LogP contribution in [0.4, 0.5) is 0 Å². The SMILES string of the molecule is COC1CCN(C(=O)C2c3ccccc3Oc3ccccc32)CC1. The van der Waals surface area contributed by atoms with Gasteiger partial charge in [0.25, 0.3) is 0 Å². The molecule has 2 aromatic rings. The first-order valence-corrected chi connectivity index (χ1v) is 8.45. The van der Waals surface area contributed by atoms with Crippen molar-refractivity contribution in [2.45, 2.75) is 24.9 Å². The zero-order chi connectivity index (χ0) is 16.5. The molecule has 1 saturated heterocycles. The molecule has 1 fully saturated rings. The van der Waals surface area contributed by atoms with Crippen LogP contribution in [0.25, 0.3) is 0 Å². The summed E-state index contributed by atoms with van der Waals surface area (Å²) in [7, 11) is 1.74. The monoisotopic (exact) mass is 323 g/mol. The lowest BCUT2D eigenvalue weighted by molar-refractivity contribution is -0.134. The Kier molecular flexibility index (Phi) is 3.98. The highest BCUT2D eigenvalue weighted by atomic mass is 16.5. The molecule has 0 N–H and O–H groups in total. The topological polar surface area (TPSA) is 38.8 Å². The predicted octanol–water partition coefficient (Wildman–Crippen LogP) is 3.56. The Morgan fingerprint density at radius 2 is 1.54 bits per heavy atom. The summed E-state index contributed by atoms with van der Waals surface area (Å²) < 4.78 is 11.4. The number of hydrogen-bond donors (Lipinski definition) is 0. The minimum Gasteiger partial charge on any atom is -0.457 e. The largest absolute Gasteiger partial charge is 0.457 e. The molecular formula is C20H21NO3. The molecule has 2 heterocycles. The van der Waals surface area contributed by atoms with E-state index in [1.54, 1.807) is 7.11 Å². The molecule has 4 nitrogen and oxygen atoms in total. The summed E-state index contributed by atoms with van der Waals surface area (Å²) in [6.45, 7) is 1.50. The molecule has 0 unspecified atom stereocenters. The molecule has 4 rings (SSSR count). The third-order valence-corrected chi connectivity index (χ3v) is 5.01. The zero-order valence-electron chi connectivity index (χ0n) is 13.8. The predicted molar refractivity (Wildman–Crippen MR) is 91.4 cm³/mol. The van der Waals surface area contributed by atoms with E-state index in [0.29, 0.717) is 0 Å².